The highest BCUT2D eigenvalue weighted by Crippen LogP contribution is 2.38. The minimum absolute atomic E-state index is 0. The van der Waals surface area contributed by atoms with Gasteiger partial charge < -0.3 is 20.1 Å². The number of ether oxygens (including phenoxy) is 1. The second kappa shape index (κ2) is 9.39. The van der Waals surface area contributed by atoms with Crippen LogP contribution >= 0.6 is 35.6 Å². The number of benzene rings is 1. The second-order valence-corrected chi connectivity index (χ2v) is 7.11. The molecule has 0 amide bonds. The monoisotopic (exact) mass is 479 g/mol. The van der Waals surface area contributed by atoms with E-state index in [9.17, 15) is 5.11 Å². The third-order valence-corrected chi connectivity index (χ3v) is 5.28. The summed E-state index contributed by atoms with van der Waals surface area (Å²) in [7, 11) is 0. The molecule has 1 spiro atoms. The average molecular weight is 480 g/mol. The number of rotatable bonds is 4. The van der Waals surface area contributed by atoms with Crippen LogP contribution in [0.5, 0.6) is 0 Å². The first-order valence-electron chi connectivity index (χ1n) is 8.67. The van der Waals surface area contributed by atoms with Crippen LogP contribution in [0.15, 0.2) is 29.3 Å². The van der Waals surface area contributed by atoms with E-state index in [0.717, 1.165) is 57.2 Å². The van der Waals surface area contributed by atoms with Crippen molar-refractivity contribution in [3.8, 4) is 0 Å². The predicted molar refractivity (Wildman–Crippen MR) is 112 cm³/mol. The first-order chi connectivity index (χ1) is 11.6. The molecule has 2 aliphatic heterocycles. The van der Waals surface area contributed by atoms with E-state index in [1.165, 1.54) is 0 Å². The number of hydrogen-bond acceptors (Lipinski definition) is 3. The Morgan fingerprint density at radius 2 is 2.24 bits per heavy atom. The summed E-state index contributed by atoms with van der Waals surface area (Å²) in [5, 5.41) is 14.3. The molecule has 7 heteroatoms. The molecule has 0 aromatic heterocycles. The minimum atomic E-state index is -0.696. The van der Waals surface area contributed by atoms with Crippen LogP contribution in [0.3, 0.4) is 0 Å². The molecule has 25 heavy (non-hydrogen) atoms. The van der Waals surface area contributed by atoms with Crippen LogP contribution in [0.4, 0.5) is 0 Å². The number of halogens is 2. The fraction of sp³-hybridized carbons (Fsp3) is 0.611. The zero-order valence-electron chi connectivity index (χ0n) is 14.6. The molecule has 3 rings (SSSR count). The standard InChI is InChI=1S/C18H26ClN3O2.HI/c1-2-20-17(22-9-7-18(12-22)8-10-24-13-18)21-11-16(23)14-5-3-4-6-15(14)19;/h3-6,16,23H,2,7-13H2,1H3,(H,20,21);1H. The van der Waals surface area contributed by atoms with Crippen molar-refractivity contribution in [3.05, 3.63) is 34.9 Å². The first kappa shape index (κ1) is 20.7. The van der Waals surface area contributed by atoms with Crippen molar-refractivity contribution in [3.63, 3.8) is 0 Å². The molecule has 2 aliphatic rings. The lowest BCUT2D eigenvalue weighted by Gasteiger charge is -2.25. The van der Waals surface area contributed by atoms with Gasteiger partial charge in [0.15, 0.2) is 5.96 Å². The molecule has 5 nitrogen and oxygen atoms in total. The van der Waals surface area contributed by atoms with Crippen LogP contribution in [0, 0.1) is 5.41 Å². The van der Waals surface area contributed by atoms with Gasteiger partial charge in [-0.3, -0.25) is 4.99 Å². The van der Waals surface area contributed by atoms with E-state index in [-0.39, 0.29) is 29.4 Å². The van der Waals surface area contributed by atoms with Crippen molar-refractivity contribution < 1.29 is 9.84 Å². The lowest BCUT2D eigenvalue weighted by molar-refractivity contribution is 0.156. The second-order valence-electron chi connectivity index (χ2n) is 6.71. The highest BCUT2D eigenvalue weighted by molar-refractivity contribution is 14.0. The lowest BCUT2D eigenvalue weighted by atomic mass is 9.87. The fourth-order valence-corrected chi connectivity index (χ4v) is 3.79. The van der Waals surface area contributed by atoms with Gasteiger partial charge >= 0.3 is 0 Å². The summed E-state index contributed by atoms with van der Waals surface area (Å²) < 4.78 is 5.60. The van der Waals surface area contributed by atoms with Gasteiger partial charge in [-0.05, 0) is 25.8 Å². The van der Waals surface area contributed by atoms with Gasteiger partial charge in [0.1, 0.15) is 6.10 Å². The van der Waals surface area contributed by atoms with E-state index in [0.29, 0.717) is 11.6 Å². The normalized spacial score (nSPS) is 24.4. The summed E-state index contributed by atoms with van der Waals surface area (Å²) in [4.78, 5) is 6.94. The molecule has 2 N–H and O–H groups in total. The van der Waals surface area contributed by atoms with Gasteiger partial charge in [0, 0.05) is 42.2 Å². The van der Waals surface area contributed by atoms with E-state index in [2.05, 4.69) is 22.1 Å². The molecule has 2 heterocycles. The third-order valence-electron chi connectivity index (χ3n) is 4.94. The quantitative estimate of drug-likeness (QED) is 0.396. The van der Waals surface area contributed by atoms with Crippen LogP contribution in [0.25, 0.3) is 0 Å². The zero-order valence-corrected chi connectivity index (χ0v) is 17.7. The Bertz CT molecular complexity index is 593. The number of aliphatic hydroxyl groups excluding tert-OH is 1. The average Bonchev–Trinajstić information content (AvgIpc) is 3.22. The molecule has 2 unspecified atom stereocenters. The van der Waals surface area contributed by atoms with E-state index in [1.54, 1.807) is 6.07 Å². The molecule has 140 valence electrons. The summed E-state index contributed by atoms with van der Waals surface area (Å²) in [5.41, 5.74) is 1.01. The van der Waals surface area contributed by atoms with Crippen molar-refractivity contribution in [1.82, 2.24) is 10.2 Å². The number of nitrogens with one attached hydrogen (secondary N) is 1. The number of nitrogens with zero attached hydrogens (tertiary/aromatic N) is 2. The fourth-order valence-electron chi connectivity index (χ4n) is 3.53. The summed E-state index contributed by atoms with van der Waals surface area (Å²) in [6.07, 6.45) is 1.58. The Kier molecular flexibility index (Phi) is 7.79. The number of guanidine groups is 1. The van der Waals surface area contributed by atoms with Crippen LogP contribution < -0.4 is 5.32 Å². The number of hydrogen-bond donors (Lipinski definition) is 2. The molecule has 0 aliphatic carbocycles. The van der Waals surface area contributed by atoms with Gasteiger partial charge in [-0.25, -0.2) is 0 Å². The summed E-state index contributed by atoms with van der Waals surface area (Å²) in [6.45, 7) is 6.84. The zero-order chi connectivity index (χ0) is 17.0. The topological polar surface area (TPSA) is 57.1 Å². The van der Waals surface area contributed by atoms with Gasteiger partial charge in [-0.1, -0.05) is 29.8 Å². The largest absolute Gasteiger partial charge is 0.386 e. The molecule has 0 bridgehead atoms. The number of aliphatic hydroxyl groups is 1. The molecular formula is C18H27ClIN3O2. The molecule has 1 aromatic rings. The van der Waals surface area contributed by atoms with Crippen molar-refractivity contribution in [2.45, 2.75) is 25.9 Å². The maximum atomic E-state index is 10.4. The van der Waals surface area contributed by atoms with Crippen molar-refractivity contribution in [2.24, 2.45) is 10.4 Å². The molecule has 0 radical (unpaired) electrons. The lowest BCUT2D eigenvalue weighted by Crippen LogP contribution is -2.41. The smallest absolute Gasteiger partial charge is 0.194 e. The summed E-state index contributed by atoms with van der Waals surface area (Å²) in [6, 6.07) is 7.37. The summed E-state index contributed by atoms with van der Waals surface area (Å²) in [5.74, 6) is 0.868. The van der Waals surface area contributed by atoms with Gasteiger partial charge in [0.2, 0.25) is 0 Å². The van der Waals surface area contributed by atoms with Crippen molar-refractivity contribution in [2.75, 3.05) is 39.4 Å². The predicted octanol–water partition coefficient (Wildman–Crippen LogP) is 3.07. The molecule has 1 aromatic carbocycles. The maximum Gasteiger partial charge on any atom is 0.194 e. The Hall–Kier alpha value is -0.570. The van der Waals surface area contributed by atoms with Crippen LogP contribution in [-0.2, 0) is 4.74 Å². The Labute approximate surface area is 171 Å². The highest BCUT2D eigenvalue weighted by atomic mass is 127. The Morgan fingerprint density at radius 3 is 2.92 bits per heavy atom. The maximum absolute atomic E-state index is 10.4. The van der Waals surface area contributed by atoms with Crippen LogP contribution in [0.2, 0.25) is 5.02 Å². The van der Waals surface area contributed by atoms with E-state index >= 15 is 0 Å². The summed E-state index contributed by atoms with van der Waals surface area (Å²) >= 11 is 6.16. The molecular weight excluding hydrogens is 453 g/mol. The third kappa shape index (κ3) is 4.99. The van der Waals surface area contributed by atoms with Gasteiger partial charge in [0.25, 0.3) is 0 Å². The van der Waals surface area contributed by atoms with Gasteiger partial charge in [-0.2, -0.15) is 0 Å². The van der Waals surface area contributed by atoms with Crippen LogP contribution in [-0.4, -0.2) is 55.4 Å². The number of likely N-dealkylation sites (tertiary alicyclic amines) is 1. The Morgan fingerprint density at radius 1 is 1.44 bits per heavy atom. The molecule has 2 atom stereocenters. The molecule has 0 saturated carbocycles. The van der Waals surface area contributed by atoms with Crippen molar-refractivity contribution in [1.29, 1.82) is 0 Å². The van der Waals surface area contributed by atoms with Crippen molar-refractivity contribution >= 4 is 41.5 Å². The van der Waals surface area contributed by atoms with E-state index in [1.807, 2.05) is 18.2 Å². The van der Waals surface area contributed by atoms with Crippen LogP contribution in [0.1, 0.15) is 31.4 Å². The Balaban J connectivity index is 0.00000225. The highest BCUT2D eigenvalue weighted by Gasteiger charge is 2.42. The first-order valence-corrected chi connectivity index (χ1v) is 9.05. The molecule has 2 fully saturated rings. The SMILES string of the molecule is CCNC(=NCC(O)c1ccccc1Cl)N1CCC2(CCOC2)C1.I. The van der Waals surface area contributed by atoms with Gasteiger partial charge in [-0.15, -0.1) is 24.0 Å². The number of aliphatic imine (C=N–C) groups is 1. The minimum Gasteiger partial charge on any atom is -0.386 e. The van der Waals surface area contributed by atoms with E-state index < -0.39 is 6.10 Å². The molecule has 2 saturated heterocycles. The van der Waals surface area contributed by atoms with E-state index in [4.69, 9.17) is 16.3 Å². The van der Waals surface area contributed by atoms with Gasteiger partial charge in [0.05, 0.1) is 13.2 Å².